The average Bonchev–Trinajstić information content (AvgIpc) is 3.41. The Balaban J connectivity index is 0.000000479. The summed E-state index contributed by atoms with van der Waals surface area (Å²) in [5, 5.41) is 2.62. The molecule has 48 heavy (non-hydrogen) atoms. The first kappa shape index (κ1) is 38.7. The molecule has 0 aliphatic carbocycles. The van der Waals surface area contributed by atoms with E-state index in [-0.39, 0.29) is 61.2 Å². The van der Waals surface area contributed by atoms with E-state index in [2.05, 4.69) is 48.5 Å². The van der Waals surface area contributed by atoms with Crippen molar-refractivity contribution in [1.82, 2.24) is 9.80 Å². The van der Waals surface area contributed by atoms with E-state index in [9.17, 15) is 27.4 Å². The van der Waals surface area contributed by atoms with Crippen LogP contribution in [-0.4, -0.2) is 66.0 Å². The molecule has 4 amide bonds. The first-order chi connectivity index (χ1) is 22.6. The molecule has 10 nitrogen and oxygen atoms in total. The Morgan fingerprint density at radius 3 is 1.69 bits per heavy atom. The van der Waals surface area contributed by atoms with Gasteiger partial charge in [-0.2, -0.15) is 0 Å². The molecule has 2 aliphatic heterocycles. The van der Waals surface area contributed by atoms with Crippen molar-refractivity contribution in [1.29, 1.82) is 0 Å². The molecule has 0 saturated carbocycles. The van der Waals surface area contributed by atoms with E-state index in [0.29, 0.717) is 24.5 Å². The Morgan fingerprint density at radius 1 is 0.688 bits per heavy atom. The van der Waals surface area contributed by atoms with Gasteiger partial charge in [0.25, 0.3) is 11.8 Å². The minimum Gasteiger partial charge on any atom is -0.748 e. The van der Waals surface area contributed by atoms with E-state index in [1.54, 1.807) is 29.2 Å². The van der Waals surface area contributed by atoms with Gasteiger partial charge in [-0.1, -0.05) is 99.5 Å². The molecular formula is C36H40N3NaO7S. The fourth-order valence-corrected chi connectivity index (χ4v) is 5.58. The van der Waals surface area contributed by atoms with E-state index in [1.165, 1.54) is 22.9 Å². The van der Waals surface area contributed by atoms with Gasteiger partial charge in [0.1, 0.15) is 5.57 Å². The number of carbonyl (C=O) groups is 3. The SMILES string of the molecule is CCCCN1C(=O)C(=C/C=C/C=C2\Oc3ccccc3N2CCCS(=O)(=O)[O-])C(=O)N(CCCC)C1=O.[Na+].c1ccc2ccccc2c1. The number of carbonyl (C=O) groups excluding carboxylic acids is 3. The molecule has 0 N–H and O–H groups in total. The largest absolute Gasteiger partial charge is 1.00 e. The summed E-state index contributed by atoms with van der Waals surface area (Å²) in [6.07, 6.45) is 9.13. The van der Waals surface area contributed by atoms with Gasteiger partial charge in [-0.25, -0.2) is 13.2 Å². The monoisotopic (exact) mass is 681 g/mol. The number of barbiturate groups is 1. The van der Waals surface area contributed by atoms with E-state index >= 15 is 0 Å². The first-order valence-electron chi connectivity index (χ1n) is 15.8. The van der Waals surface area contributed by atoms with Gasteiger partial charge in [-0.05, 0) is 54.3 Å². The van der Waals surface area contributed by atoms with E-state index in [4.69, 9.17) is 4.74 Å². The number of imide groups is 2. The number of allylic oxidation sites excluding steroid dienone is 4. The number of amides is 4. The summed E-state index contributed by atoms with van der Waals surface area (Å²) in [5.74, 6) is -0.728. The number of unbranched alkanes of at least 4 members (excludes halogenated alkanes) is 2. The van der Waals surface area contributed by atoms with Gasteiger partial charge < -0.3 is 14.2 Å². The summed E-state index contributed by atoms with van der Waals surface area (Å²) in [4.78, 5) is 42.7. The summed E-state index contributed by atoms with van der Waals surface area (Å²) in [6, 6.07) is 23.3. The molecule has 12 heteroatoms. The molecule has 0 radical (unpaired) electrons. The molecule has 3 aromatic rings. The van der Waals surface area contributed by atoms with Gasteiger partial charge in [0, 0.05) is 25.4 Å². The van der Waals surface area contributed by atoms with E-state index in [1.807, 2.05) is 26.0 Å². The number of para-hydroxylation sites is 2. The van der Waals surface area contributed by atoms with Crippen LogP contribution in [-0.2, 0) is 19.7 Å². The number of ether oxygens (including phenoxy) is 1. The molecule has 2 heterocycles. The van der Waals surface area contributed by atoms with Crippen molar-refractivity contribution >= 4 is 44.4 Å². The first-order valence-corrected chi connectivity index (χ1v) is 17.4. The maximum atomic E-state index is 13.0. The Kier molecular flexibility index (Phi) is 15.1. The smallest absolute Gasteiger partial charge is 0.748 e. The van der Waals surface area contributed by atoms with Crippen molar-refractivity contribution in [2.24, 2.45) is 0 Å². The third kappa shape index (κ3) is 10.4. The van der Waals surface area contributed by atoms with Crippen LogP contribution in [0.2, 0.25) is 0 Å². The molecule has 0 unspecified atom stereocenters. The van der Waals surface area contributed by atoms with Gasteiger partial charge >= 0.3 is 35.6 Å². The number of hydrogen-bond acceptors (Lipinski definition) is 8. The van der Waals surface area contributed by atoms with Crippen molar-refractivity contribution in [3.05, 3.63) is 109 Å². The molecule has 5 rings (SSSR count). The number of rotatable bonds is 12. The average molecular weight is 682 g/mol. The standard InChI is InChI=1S/C26H33N3O7S.C10H8.Na/c1-3-5-16-28-24(30)20(25(31)29(26(28)32)17-6-4-2)12-7-10-15-23-27(18-11-19-37(33,34)35)21-13-8-9-14-22(21)36-23;1-2-6-10-8-4-3-7-9(10)5-1;/h7-10,12-15H,3-6,11,16-19H2,1-2H3,(H,33,34,35);1-8H;/q;;+1/p-1/b10-7+,23-15-;;. The second-order valence-electron chi connectivity index (χ2n) is 11.1. The Morgan fingerprint density at radius 2 is 1.17 bits per heavy atom. The molecule has 0 aromatic heterocycles. The molecule has 0 atom stereocenters. The molecule has 248 valence electrons. The summed E-state index contributed by atoms with van der Waals surface area (Å²) < 4.78 is 38.9. The van der Waals surface area contributed by atoms with Crippen LogP contribution in [0.25, 0.3) is 10.8 Å². The van der Waals surface area contributed by atoms with Crippen LogP contribution >= 0.6 is 0 Å². The van der Waals surface area contributed by atoms with Crippen molar-refractivity contribution in [3.8, 4) is 5.75 Å². The fourth-order valence-electron chi connectivity index (χ4n) is 5.10. The minimum atomic E-state index is -4.33. The van der Waals surface area contributed by atoms with Crippen LogP contribution in [0.3, 0.4) is 0 Å². The van der Waals surface area contributed by atoms with E-state index in [0.717, 1.165) is 28.3 Å². The molecule has 2 aliphatic rings. The third-order valence-electron chi connectivity index (χ3n) is 7.57. The maximum absolute atomic E-state index is 13.0. The zero-order valence-corrected chi connectivity index (χ0v) is 30.5. The molecule has 0 bridgehead atoms. The summed E-state index contributed by atoms with van der Waals surface area (Å²) >= 11 is 0. The Labute approximate surface area is 304 Å². The Bertz CT molecular complexity index is 1690. The van der Waals surface area contributed by atoms with Crippen LogP contribution in [0.1, 0.15) is 46.0 Å². The van der Waals surface area contributed by atoms with Gasteiger partial charge in [0.05, 0.1) is 15.8 Å². The maximum Gasteiger partial charge on any atom is 1.00 e. The van der Waals surface area contributed by atoms with Crippen molar-refractivity contribution < 1.29 is 61.6 Å². The minimum absolute atomic E-state index is 0. The van der Waals surface area contributed by atoms with Gasteiger partial charge in [0.2, 0.25) is 5.88 Å². The molecule has 1 fully saturated rings. The second kappa shape index (κ2) is 18.7. The number of anilines is 1. The Hall–Kier alpha value is -3.74. The van der Waals surface area contributed by atoms with Crippen molar-refractivity contribution in [3.63, 3.8) is 0 Å². The van der Waals surface area contributed by atoms with Crippen molar-refractivity contribution in [2.75, 3.05) is 30.3 Å². The number of fused-ring (bicyclic) bond motifs is 2. The molecular weight excluding hydrogens is 641 g/mol. The van der Waals surface area contributed by atoms with Crippen LogP contribution in [0.5, 0.6) is 5.75 Å². The number of urea groups is 1. The predicted molar refractivity (Wildman–Crippen MR) is 181 cm³/mol. The van der Waals surface area contributed by atoms with Gasteiger partial charge in [0.15, 0.2) is 5.75 Å². The van der Waals surface area contributed by atoms with Crippen LogP contribution < -0.4 is 39.2 Å². The number of benzene rings is 3. The normalized spacial score (nSPS) is 15.4. The summed E-state index contributed by atoms with van der Waals surface area (Å²) in [6.45, 7) is 4.65. The zero-order valence-electron chi connectivity index (χ0n) is 27.7. The third-order valence-corrected chi connectivity index (χ3v) is 8.36. The predicted octanol–water partition coefficient (Wildman–Crippen LogP) is 3.38. The van der Waals surface area contributed by atoms with Gasteiger partial charge in [-0.3, -0.25) is 19.4 Å². The van der Waals surface area contributed by atoms with E-state index < -0.39 is 33.7 Å². The molecule has 0 spiro atoms. The zero-order chi connectivity index (χ0) is 33.8. The second-order valence-corrected chi connectivity index (χ2v) is 12.6. The molecule has 1 saturated heterocycles. The van der Waals surface area contributed by atoms with Crippen LogP contribution in [0.15, 0.2) is 109 Å². The van der Waals surface area contributed by atoms with Crippen LogP contribution in [0.4, 0.5) is 10.5 Å². The fraction of sp³-hybridized carbons (Fsp3) is 0.306. The quantitative estimate of drug-likeness (QED) is 0.123. The van der Waals surface area contributed by atoms with Crippen LogP contribution in [0, 0.1) is 0 Å². The summed E-state index contributed by atoms with van der Waals surface area (Å²) in [7, 11) is -4.33. The van der Waals surface area contributed by atoms with Crippen molar-refractivity contribution in [2.45, 2.75) is 46.0 Å². The summed E-state index contributed by atoms with van der Waals surface area (Å²) in [5.41, 5.74) is 0.646. The number of nitrogens with zero attached hydrogens (tertiary/aromatic N) is 3. The van der Waals surface area contributed by atoms with Gasteiger partial charge in [-0.15, -0.1) is 0 Å². The topological polar surface area (TPSA) is 127 Å². The number of hydrogen-bond donors (Lipinski definition) is 0. The molecule has 3 aromatic carbocycles.